The fraction of sp³-hybridized carbons (Fsp3) is 0.125. The van der Waals surface area contributed by atoms with Crippen LogP contribution in [-0.2, 0) is 0 Å². The van der Waals surface area contributed by atoms with Crippen molar-refractivity contribution in [3.05, 3.63) is 59.1 Å². The molecule has 0 aliphatic carbocycles. The summed E-state index contributed by atoms with van der Waals surface area (Å²) in [5.74, 6) is 0.731. The third kappa shape index (κ3) is 2.82. The van der Waals surface area contributed by atoms with Gasteiger partial charge in [-0.15, -0.1) is 5.10 Å². The van der Waals surface area contributed by atoms with Crippen LogP contribution in [0.3, 0.4) is 0 Å². The van der Waals surface area contributed by atoms with Crippen molar-refractivity contribution in [1.29, 1.82) is 0 Å². The van der Waals surface area contributed by atoms with E-state index in [0.717, 1.165) is 32.8 Å². The standard InChI is InChI=1S/C16H14ClN3S/c1-11-10-13(17)8-9-14(11)20-16(21-2)18-15(19-20)12-6-4-3-5-7-12/h3-10H,1-2H3. The first-order valence-corrected chi connectivity index (χ1v) is 8.12. The van der Waals surface area contributed by atoms with Crippen LogP contribution < -0.4 is 0 Å². The molecule has 0 N–H and O–H groups in total. The van der Waals surface area contributed by atoms with Crippen LogP contribution in [-0.4, -0.2) is 21.0 Å². The summed E-state index contributed by atoms with van der Waals surface area (Å²) in [5, 5.41) is 6.24. The van der Waals surface area contributed by atoms with Crippen LogP contribution in [0.2, 0.25) is 5.02 Å². The van der Waals surface area contributed by atoms with Crippen molar-refractivity contribution in [3.8, 4) is 17.1 Å². The molecule has 3 nitrogen and oxygen atoms in total. The normalized spacial score (nSPS) is 10.8. The van der Waals surface area contributed by atoms with Gasteiger partial charge < -0.3 is 0 Å². The van der Waals surface area contributed by atoms with Crippen molar-refractivity contribution in [3.63, 3.8) is 0 Å². The van der Waals surface area contributed by atoms with E-state index in [1.54, 1.807) is 11.8 Å². The zero-order valence-corrected chi connectivity index (χ0v) is 13.3. The van der Waals surface area contributed by atoms with E-state index in [1.165, 1.54) is 0 Å². The smallest absolute Gasteiger partial charge is 0.191 e. The number of hydrogen-bond acceptors (Lipinski definition) is 3. The number of aryl methyl sites for hydroxylation is 1. The Labute approximate surface area is 133 Å². The molecule has 0 fully saturated rings. The number of aromatic nitrogens is 3. The maximum absolute atomic E-state index is 6.03. The van der Waals surface area contributed by atoms with Crippen LogP contribution >= 0.6 is 23.4 Å². The molecular formula is C16H14ClN3S. The molecule has 106 valence electrons. The quantitative estimate of drug-likeness (QED) is 0.661. The maximum atomic E-state index is 6.03. The second kappa shape index (κ2) is 5.92. The summed E-state index contributed by atoms with van der Waals surface area (Å²) in [7, 11) is 0. The van der Waals surface area contributed by atoms with Crippen LogP contribution in [0.4, 0.5) is 0 Å². The van der Waals surface area contributed by atoms with Gasteiger partial charge >= 0.3 is 0 Å². The Hall–Kier alpha value is -1.78. The molecule has 0 radical (unpaired) electrons. The summed E-state index contributed by atoms with van der Waals surface area (Å²) < 4.78 is 1.87. The topological polar surface area (TPSA) is 30.7 Å². The van der Waals surface area contributed by atoms with Crippen LogP contribution in [0.25, 0.3) is 17.1 Å². The highest BCUT2D eigenvalue weighted by atomic mass is 35.5. The molecule has 0 spiro atoms. The number of rotatable bonds is 3. The van der Waals surface area contributed by atoms with Gasteiger partial charge in [-0.1, -0.05) is 53.7 Å². The average molecular weight is 316 g/mol. The number of halogens is 1. The van der Waals surface area contributed by atoms with Crippen LogP contribution in [0.5, 0.6) is 0 Å². The molecule has 0 aliphatic heterocycles. The highest BCUT2D eigenvalue weighted by Gasteiger charge is 2.13. The molecule has 3 rings (SSSR count). The van der Waals surface area contributed by atoms with Crippen LogP contribution in [0.1, 0.15) is 5.56 Å². The highest BCUT2D eigenvalue weighted by Crippen LogP contribution is 2.26. The molecule has 1 heterocycles. The molecule has 0 saturated heterocycles. The number of thioether (sulfide) groups is 1. The Morgan fingerprint density at radius 2 is 1.86 bits per heavy atom. The van der Waals surface area contributed by atoms with E-state index >= 15 is 0 Å². The molecule has 3 aromatic rings. The summed E-state index contributed by atoms with van der Waals surface area (Å²) >= 11 is 7.60. The average Bonchev–Trinajstić information content (AvgIpc) is 2.92. The number of nitrogens with zero attached hydrogens (tertiary/aromatic N) is 3. The van der Waals surface area contributed by atoms with E-state index in [2.05, 4.69) is 10.1 Å². The lowest BCUT2D eigenvalue weighted by atomic mass is 10.2. The minimum atomic E-state index is 0.727. The fourth-order valence-electron chi connectivity index (χ4n) is 2.15. The Morgan fingerprint density at radius 3 is 2.52 bits per heavy atom. The Balaban J connectivity index is 2.12. The molecule has 21 heavy (non-hydrogen) atoms. The van der Waals surface area contributed by atoms with Gasteiger partial charge in [0.15, 0.2) is 11.0 Å². The van der Waals surface area contributed by atoms with Crippen LogP contribution in [0.15, 0.2) is 53.7 Å². The van der Waals surface area contributed by atoms with Gasteiger partial charge in [-0.25, -0.2) is 9.67 Å². The van der Waals surface area contributed by atoms with Crippen molar-refractivity contribution in [1.82, 2.24) is 14.8 Å². The van der Waals surface area contributed by atoms with Crippen molar-refractivity contribution in [2.24, 2.45) is 0 Å². The SMILES string of the molecule is CSc1nc(-c2ccccc2)nn1-c1ccc(Cl)cc1C. The largest absolute Gasteiger partial charge is 0.207 e. The van der Waals surface area contributed by atoms with Gasteiger partial charge in [-0.05, 0) is 36.9 Å². The van der Waals surface area contributed by atoms with E-state index < -0.39 is 0 Å². The summed E-state index contributed by atoms with van der Waals surface area (Å²) in [5.41, 5.74) is 3.08. The monoisotopic (exact) mass is 315 g/mol. The van der Waals surface area contributed by atoms with Gasteiger partial charge in [0.2, 0.25) is 0 Å². The van der Waals surface area contributed by atoms with Gasteiger partial charge in [0.1, 0.15) is 0 Å². The molecule has 0 aliphatic rings. The fourth-order valence-corrected chi connectivity index (χ4v) is 2.87. The van der Waals surface area contributed by atoms with Crippen molar-refractivity contribution < 1.29 is 0 Å². The molecule has 1 aromatic heterocycles. The highest BCUT2D eigenvalue weighted by molar-refractivity contribution is 7.98. The lowest BCUT2D eigenvalue weighted by molar-refractivity contribution is 0.782. The molecular weight excluding hydrogens is 302 g/mol. The second-order valence-electron chi connectivity index (χ2n) is 4.63. The zero-order chi connectivity index (χ0) is 14.8. The predicted molar refractivity (Wildman–Crippen MR) is 88.3 cm³/mol. The van der Waals surface area contributed by atoms with E-state index in [9.17, 15) is 0 Å². The first-order valence-electron chi connectivity index (χ1n) is 6.52. The van der Waals surface area contributed by atoms with Gasteiger partial charge in [-0.3, -0.25) is 0 Å². The summed E-state index contributed by atoms with van der Waals surface area (Å²) in [4.78, 5) is 4.62. The Bertz CT molecular complexity index is 768. The Kier molecular flexibility index (Phi) is 3.99. The molecule has 2 aromatic carbocycles. The number of benzene rings is 2. The third-order valence-electron chi connectivity index (χ3n) is 3.18. The zero-order valence-electron chi connectivity index (χ0n) is 11.7. The van der Waals surface area contributed by atoms with Crippen molar-refractivity contribution in [2.45, 2.75) is 12.1 Å². The van der Waals surface area contributed by atoms with Gasteiger partial charge in [-0.2, -0.15) is 0 Å². The second-order valence-corrected chi connectivity index (χ2v) is 5.84. The first kappa shape index (κ1) is 14.2. The first-order chi connectivity index (χ1) is 10.2. The molecule has 0 unspecified atom stereocenters. The van der Waals surface area contributed by atoms with Gasteiger partial charge in [0, 0.05) is 10.6 Å². The van der Waals surface area contributed by atoms with Crippen molar-refractivity contribution >= 4 is 23.4 Å². The minimum absolute atomic E-state index is 0.727. The lowest BCUT2D eigenvalue weighted by Crippen LogP contribution is -2.00. The van der Waals surface area contributed by atoms with E-state index in [1.807, 2.05) is 66.4 Å². The molecule has 0 atom stereocenters. The number of hydrogen-bond donors (Lipinski definition) is 0. The van der Waals surface area contributed by atoms with Gasteiger partial charge in [0.05, 0.1) is 5.69 Å². The predicted octanol–water partition coefficient (Wildman–Crippen LogP) is 4.62. The molecule has 0 amide bonds. The molecule has 5 heteroatoms. The van der Waals surface area contributed by atoms with E-state index in [0.29, 0.717) is 0 Å². The summed E-state index contributed by atoms with van der Waals surface area (Å²) in [6.07, 6.45) is 2.00. The third-order valence-corrected chi connectivity index (χ3v) is 4.04. The Morgan fingerprint density at radius 1 is 1.10 bits per heavy atom. The van der Waals surface area contributed by atoms with Crippen LogP contribution in [0, 0.1) is 6.92 Å². The van der Waals surface area contributed by atoms with Gasteiger partial charge in [0.25, 0.3) is 0 Å². The molecule has 0 bridgehead atoms. The maximum Gasteiger partial charge on any atom is 0.191 e. The summed E-state index contributed by atoms with van der Waals surface area (Å²) in [6, 6.07) is 15.8. The minimum Gasteiger partial charge on any atom is -0.207 e. The van der Waals surface area contributed by atoms with E-state index in [-0.39, 0.29) is 0 Å². The van der Waals surface area contributed by atoms with Crippen molar-refractivity contribution in [2.75, 3.05) is 6.26 Å². The molecule has 0 saturated carbocycles. The van der Waals surface area contributed by atoms with E-state index in [4.69, 9.17) is 11.6 Å². The lowest BCUT2D eigenvalue weighted by Gasteiger charge is -2.07. The summed E-state index contributed by atoms with van der Waals surface area (Å²) in [6.45, 7) is 2.02.